The summed E-state index contributed by atoms with van der Waals surface area (Å²) in [6, 6.07) is 6.84. The number of hydrogen-bond acceptors (Lipinski definition) is 2. The number of fused-ring (bicyclic) bond motifs is 1. The molecule has 1 fully saturated rings. The third-order valence-electron chi connectivity index (χ3n) is 5.72. The minimum Gasteiger partial charge on any atom is -0.383 e. The molecule has 1 saturated heterocycles. The summed E-state index contributed by atoms with van der Waals surface area (Å²) in [5, 5.41) is 3.64. The van der Waals surface area contributed by atoms with Gasteiger partial charge in [-0.1, -0.05) is 38.8 Å². The first-order chi connectivity index (χ1) is 9.78. The Bertz CT molecular complexity index is 452. The van der Waals surface area contributed by atoms with Crippen molar-refractivity contribution in [1.82, 2.24) is 0 Å². The van der Waals surface area contributed by atoms with Gasteiger partial charge in [0.2, 0.25) is 0 Å². The summed E-state index contributed by atoms with van der Waals surface area (Å²) in [6.45, 7) is 8.31. The molecule has 1 aromatic rings. The Balaban J connectivity index is 1.79. The first kappa shape index (κ1) is 13.8. The topological polar surface area (TPSA) is 15.3 Å². The maximum Gasteiger partial charge on any atom is 0.0610 e. The number of anilines is 2. The van der Waals surface area contributed by atoms with E-state index >= 15 is 0 Å². The van der Waals surface area contributed by atoms with Crippen LogP contribution in [0.1, 0.15) is 51.5 Å². The van der Waals surface area contributed by atoms with Crippen LogP contribution in [0.4, 0.5) is 11.4 Å². The van der Waals surface area contributed by atoms with Crippen molar-refractivity contribution >= 4 is 11.4 Å². The minimum absolute atomic E-state index is 0.610. The number of nitrogens with one attached hydrogen (secondary N) is 1. The Kier molecular flexibility index (Phi) is 3.91. The first-order valence-electron chi connectivity index (χ1n) is 8.39. The average molecular weight is 272 g/mol. The molecule has 0 saturated carbocycles. The van der Waals surface area contributed by atoms with Gasteiger partial charge in [0.15, 0.2) is 0 Å². The Morgan fingerprint density at radius 1 is 1.15 bits per heavy atom. The zero-order valence-corrected chi connectivity index (χ0v) is 13.0. The molecule has 0 radical (unpaired) electrons. The lowest BCUT2D eigenvalue weighted by Gasteiger charge is -2.43. The van der Waals surface area contributed by atoms with E-state index in [0.29, 0.717) is 5.41 Å². The van der Waals surface area contributed by atoms with Crippen LogP contribution >= 0.6 is 0 Å². The molecule has 2 heterocycles. The third kappa shape index (κ3) is 2.41. The fourth-order valence-corrected chi connectivity index (χ4v) is 3.93. The molecule has 2 aliphatic rings. The van der Waals surface area contributed by atoms with Gasteiger partial charge in [0, 0.05) is 19.6 Å². The molecule has 2 heteroatoms. The van der Waals surface area contributed by atoms with Crippen molar-refractivity contribution in [1.29, 1.82) is 0 Å². The van der Waals surface area contributed by atoms with Crippen LogP contribution in [0.25, 0.3) is 0 Å². The van der Waals surface area contributed by atoms with Crippen molar-refractivity contribution in [3.8, 4) is 0 Å². The standard InChI is InChI=1S/C18H28N2/c1-3-18(4-2)10-13-20(14-11-18)16-9-5-7-15-8-6-12-19-17(15)16/h5,7,9,19H,3-4,6,8,10-14H2,1-2H3. The molecule has 0 aliphatic carbocycles. The summed E-state index contributed by atoms with van der Waals surface area (Å²) < 4.78 is 0. The SMILES string of the molecule is CCC1(CC)CCN(c2cccc3c2NCCC3)CC1. The number of benzene rings is 1. The maximum absolute atomic E-state index is 3.64. The van der Waals surface area contributed by atoms with Gasteiger partial charge in [-0.05, 0) is 42.7 Å². The summed E-state index contributed by atoms with van der Waals surface area (Å²) in [5.74, 6) is 0. The van der Waals surface area contributed by atoms with Gasteiger partial charge in [-0.2, -0.15) is 0 Å². The highest BCUT2D eigenvalue weighted by molar-refractivity contribution is 5.74. The normalized spacial score (nSPS) is 21.2. The second-order valence-corrected chi connectivity index (χ2v) is 6.54. The Labute approximate surface area is 123 Å². The molecule has 0 unspecified atom stereocenters. The van der Waals surface area contributed by atoms with Crippen molar-refractivity contribution in [2.75, 3.05) is 29.9 Å². The quantitative estimate of drug-likeness (QED) is 0.874. The van der Waals surface area contributed by atoms with Gasteiger partial charge < -0.3 is 10.2 Å². The summed E-state index contributed by atoms with van der Waals surface area (Å²) in [7, 11) is 0. The van der Waals surface area contributed by atoms with E-state index in [9.17, 15) is 0 Å². The van der Waals surface area contributed by atoms with Gasteiger partial charge in [0.1, 0.15) is 0 Å². The maximum atomic E-state index is 3.64. The summed E-state index contributed by atoms with van der Waals surface area (Å²) in [6.07, 6.45) is 7.88. The summed E-state index contributed by atoms with van der Waals surface area (Å²) in [5.41, 5.74) is 4.98. The number of rotatable bonds is 3. The fourth-order valence-electron chi connectivity index (χ4n) is 3.93. The van der Waals surface area contributed by atoms with Gasteiger partial charge in [-0.25, -0.2) is 0 Å². The van der Waals surface area contributed by atoms with Crippen molar-refractivity contribution < 1.29 is 0 Å². The highest BCUT2D eigenvalue weighted by Gasteiger charge is 2.32. The largest absolute Gasteiger partial charge is 0.383 e. The van der Waals surface area contributed by atoms with Crippen LogP contribution in [0.2, 0.25) is 0 Å². The third-order valence-corrected chi connectivity index (χ3v) is 5.72. The lowest BCUT2D eigenvalue weighted by molar-refractivity contribution is 0.199. The monoisotopic (exact) mass is 272 g/mol. The van der Waals surface area contributed by atoms with E-state index in [1.54, 1.807) is 0 Å². The lowest BCUT2D eigenvalue weighted by atomic mass is 9.74. The number of aryl methyl sites for hydroxylation is 1. The predicted octanol–water partition coefficient (Wildman–Crippen LogP) is 4.45. The Hall–Kier alpha value is -1.18. The molecule has 110 valence electrons. The van der Waals surface area contributed by atoms with E-state index in [1.807, 2.05) is 0 Å². The van der Waals surface area contributed by atoms with Gasteiger partial charge >= 0.3 is 0 Å². The van der Waals surface area contributed by atoms with Gasteiger partial charge in [0.25, 0.3) is 0 Å². The zero-order chi connectivity index (χ0) is 14.0. The van der Waals surface area contributed by atoms with Crippen LogP contribution in [-0.4, -0.2) is 19.6 Å². The second kappa shape index (κ2) is 5.67. The van der Waals surface area contributed by atoms with Crippen LogP contribution in [0, 0.1) is 5.41 Å². The molecule has 0 atom stereocenters. The Morgan fingerprint density at radius 2 is 1.90 bits per heavy atom. The van der Waals surface area contributed by atoms with Crippen molar-refractivity contribution in [2.24, 2.45) is 5.41 Å². The van der Waals surface area contributed by atoms with E-state index in [1.165, 1.54) is 68.6 Å². The summed E-state index contributed by atoms with van der Waals surface area (Å²) >= 11 is 0. The molecular weight excluding hydrogens is 244 g/mol. The van der Waals surface area contributed by atoms with Crippen molar-refractivity contribution in [3.05, 3.63) is 23.8 Å². The Morgan fingerprint density at radius 3 is 2.60 bits per heavy atom. The molecule has 1 N–H and O–H groups in total. The van der Waals surface area contributed by atoms with Crippen LogP contribution in [-0.2, 0) is 6.42 Å². The van der Waals surface area contributed by atoms with E-state index in [-0.39, 0.29) is 0 Å². The second-order valence-electron chi connectivity index (χ2n) is 6.54. The smallest absolute Gasteiger partial charge is 0.0610 e. The minimum atomic E-state index is 0.610. The average Bonchev–Trinajstić information content (AvgIpc) is 2.54. The van der Waals surface area contributed by atoms with E-state index in [0.717, 1.165) is 6.54 Å². The molecule has 2 nitrogen and oxygen atoms in total. The van der Waals surface area contributed by atoms with Crippen molar-refractivity contribution in [3.63, 3.8) is 0 Å². The van der Waals surface area contributed by atoms with Crippen LogP contribution < -0.4 is 10.2 Å². The highest BCUT2D eigenvalue weighted by atomic mass is 15.2. The molecule has 0 spiro atoms. The molecule has 0 amide bonds. The van der Waals surface area contributed by atoms with Crippen LogP contribution in [0.15, 0.2) is 18.2 Å². The zero-order valence-electron chi connectivity index (χ0n) is 13.0. The van der Waals surface area contributed by atoms with Gasteiger partial charge in [0.05, 0.1) is 11.4 Å². The van der Waals surface area contributed by atoms with Gasteiger partial charge in [-0.15, -0.1) is 0 Å². The number of nitrogens with zero attached hydrogens (tertiary/aromatic N) is 1. The highest BCUT2D eigenvalue weighted by Crippen LogP contribution is 2.41. The predicted molar refractivity (Wildman–Crippen MR) is 87.7 cm³/mol. The molecule has 0 aromatic heterocycles. The lowest BCUT2D eigenvalue weighted by Crippen LogP contribution is -2.40. The van der Waals surface area contributed by atoms with Crippen molar-refractivity contribution in [2.45, 2.75) is 52.4 Å². The van der Waals surface area contributed by atoms with E-state index < -0.39 is 0 Å². The van der Waals surface area contributed by atoms with E-state index in [4.69, 9.17) is 0 Å². The summed E-state index contributed by atoms with van der Waals surface area (Å²) in [4.78, 5) is 2.61. The first-order valence-corrected chi connectivity index (χ1v) is 8.39. The van der Waals surface area contributed by atoms with Crippen LogP contribution in [0.3, 0.4) is 0 Å². The van der Waals surface area contributed by atoms with Gasteiger partial charge in [-0.3, -0.25) is 0 Å². The molecular formula is C18H28N2. The molecule has 0 bridgehead atoms. The molecule has 20 heavy (non-hydrogen) atoms. The fraction of sp³-hybridized carbons (Fsp3) is 0.667. The van der Waals surface area contributed by atoms with E-state index in [2.05, 4.69) is 42.3 Å². The van der Waals surface area contributed by atoms with Crippen LogP contribution in [0.5, 0.6) is 0 Å². The molecule has 1 aromatic carbocycles. The number of hydrogen-bond donors (Lipinski definition) is 1. The molecule has 2 aliphatic heterocycles. The number of piperidine rings is 1. The number of para-hydroxylation sites is 1. The molecule has 3 rings (SSSR count).